The van der Waals surface area contributed by atoms with Crippen molar-refractivity contribution in [1.82, 2.24) is 20.2 Å². The summed E-state index contributed by atoms with van der Waals surface area (Å²) >= 11 is 0. The van der Waals surface area contributed by atoms with E-state index in [1.165, 1.54) is 43.8 Å². The molecule has 3 aromatic rings. The minimum atomic E-state index is -4.75. The number of nitrogens with zero attached hydrogens (tertiary/aromatic N) is 4. The van der Waals surface area contributed by atoms with Crippen molar-refractivity contribution in [3.05, 3.63) is 59.7 Å². The van der Waals surface area contributed by atoms with Gasteiger partial charge in [-0.3, -0.25) is 4.98 Å². The number of ether oxygens (including phenoxy) is 2. The highest BCUT2D eigenvalue weighted by Crippen LogP contribution is 2.29. The van der Waals surface area contributed by atoms with Crippen LogP contribution in [0.1, 0.15) is 17.0 Å². The highest BCUT2D eigenvalue weighted by Gasteiger charge is 2.38. The zero-order valence-electron chi connectivity index (χ0n) is 15.4. The number of carbonyl (C=O) groups excluding carboxylic acids is 1. The Hall–Kier alpha value is -3.70. The molecule has 1 aromatic carbocycles. The van der Waals surface area contributed by atoms with Gasteiger partial charge in [0.1, 0.15) is 12.4 Å². The Labute approximate surface area is 167 Å². The molecule has 0 atom stereocenters. The van der Waals surface area contributed by atoms with E-state index in [9.17, 15) is 22.4 Å². The first kappa shape index (κ1) is 21.0. The van der Waals surface area contributed by atoms with E-state index in [2.05, 4.69) is 19.6 Å². The first-order valence-corrected chi connectivity index (χ1v) is 8.34. The standard InChI is InChI=1S/C18H14F4N4O4/c1-28-14-6-12(7-23-8-14)10-29-17(27)26(22)9-11-2-4-13(5-3-11)15-24-16(30-25-15)18(19,20)21/h2-8H,9-10H2,1H3. The highest BCUT2D eigenvalue weighted by molar-refractivity contribution is 5.66. The molecule has 0 saturated carbocycles. The number of halogens is 4. The molecule has 1 amide bonds. The third kappa shape index (κ3) is 5.21. The van der Waals surface area contributed by atoms with Gasteiger partial charge >= 0.3 is 18.2 Å². The van der Waals surface area contributed by atoms with Gasteiger partial charge in [-0.1, -0.05) is 33.9 Å². The van der Waals surface area contributed by atoms with Crippen molar-refractivity contribution >= 4 is 6.09 Å². The first-order valence-electron chi connectivity index (χ1n) is 8.34. The molecule has 158 valence electrons. The Morgan fingerprint density at radius 1 is 1.17 bits per heavy atom. The summed E-state index contributed by atoms with van der Waals surface area (Å²) in [6, 6.07) is 7.15. The lowest BCUT2D eigenvalue weighted by molar-refractivity contribution is -0.159. The summed E-state index contributed by atoms with van der Waals surface area (Å²) in [5.74, 6) is -1.27. The van der Waals surface area contributed by atoms with Crippen LogP contribution in [0.4, 0.5) is 22.4 Å². The van der Waals surface area contributed by atoms with E-state index in [-0.39, 0.29) is 23.1 Å². The molecule has 8 nitrogen and oxygen atoms in total. The lowest BCUT2D eigenvalue weighted by Crippen LogP contribution is -2.23. The summed E-state index contributed by atoms with van der Waals surface area (Å²) in [5, 5.41) is 3.12. The van der Waals surface area contributed by atoms with E-state index in [1.54, 1.807) is 6.07 Å². The van der Waals surface area contributed by atoms with E-state index in [4.69, 9.17) is 9.47 Å². The number of rotatable bonds is 6. The van der Waals surface area contributed by atoms with E-state index in [0.29, 0.717) is 16.9 Å². The number of pyridine rings is 1. The number of aromatic nitrogens is 3. The molecule has 0 fully saturated rings. The Balaban J connectivity index is 1.56. The zero-order chi connectivity index (χ0) is 21.7. The number of amides is 1. The molecule has 0 aliphatic rings. The van der Waals surface area contributed by atoms with Gasteiger partial charge in [-0.25, -0.2) is 4.79 Å². The van der Waals surface area contributed by atoms with Gasteiger partial charge in [-0.05, 0) is 11.6 Å². The normalized spacial score (nSPS) is 11.2. The zero-order valence-corrected chi connectivity index (χ0v) is 15.4. The quantitative estimate of drug-likeness (QED) is 0.431. The fraction of sp³-hybridized carbons (Fsp3) is 0.222. The summed E-state index contributed by atoms with van der Waals surface area (Å²) < 4.78 is 65.6. The van der Waals surface area contributed by atoms with E-state index in [0.717, 1.165) is 0 Å². The molecule has 0 spiro atoms. The number of methoxy groups -OCH3 is 1. The number of hydrogen-bond donors (Lipinski definition) is 0. The second kappa shape index (κ2) is 8.76. The van der Waals surface area contributed by atoms with Crippen LogP contribution in [0.3, 0.4) is 0 Å². The van der Waals surface area contributed by atoms with Gasteiger partial charge in [0.05, 0.1) is 19.9 Å². The molecule has 2 aromatic heterocycles. The summed E-state index contributed by atoms with van der Waals surface area (Å²) in [7, 11) is 1.45. The van der Waals surface area contributed by atoms with Crippen molar-refractivity contribution in [3.63, 3.8) is 0 Å². The average Bonchev–Trinajstić information content (AvgIpc) is 3.23. The molecule has 12 heteroatoms. The molecule has 0 bridgehead atoms. The number of alkyl halides is 3. The Bertz CT molecular complexity index is 1010. The molecular weight excluding hydrogens is 412 g/mol. The molecular formula is C18H14F4N4O4. The largest absolute Gasteiger partial charge is 0.495 e. The smallest absolute Gasteiger partial charge is 0.471 e. The maximum atomic E-state index is 14.0. The van der Waals surface area contributed by atoms with Crippen LogP contribution >= 0.6 is 0 Å². The lowest BCUT2D eigenvalue weighted by Gasteiger charge is -2.13. The lowest BCUT2D eigenvalue weighted by atomic mass is 10.1. The van der Waals surface area contributed by atoms with Crippen molar-refractivity contribution in [2.24, 2.45) is 0 Å². The topological polar surface area (TPSA) is 90.6 Å². The molecule has 0 unspecified atom stereocenters. The van der Waals surface area contributed by atoms with Crippen molar-refractivity contribution in [3.8, 4) is 17.1 Å². The molecule has 0 aliphatic carbocycles. The summed E-state index contributed by atoms with van der Waals surface area (Å²) in [6.07, 6.45) is -3.05. The maximum absolute atomic E-state index is 14.0. The molecule has 0 N–H and O–H groups in total. The number of carbonyl (C=O) groups is 1. The third-order valence-electron chi connectivity index (χ3n) is 3.77. The van der Waals surface area contributed by atoms with Crippen LogP contribution in [0.25, 0.3) is 11.4 Å². The van der Waals surface area contributed by atoms with Gasteiger partial charge < -0.3 is 14.0 Å². The van der Waals surface area contributed by atoms with Crippen LogP contribution in [0.5, 0.6) is 5.75 Å². The molecule has 0 radical (unpaired) electrons. The molecule has 0 saturated heterocycles. The Morgan fingerprint density at radius 3 is 2.53 bits per heavy atom. The molecule has 0 aliphatic heterocycles. The second-order valence-corrected chi connectivity index (χ2v) is 5.93. The van der Waals surface area contributed by atoms with Gasteiger partial charge in [0.15, 0.2) is 0 Å². The number of benzene rings is 1. The van der Waals surface area contributed by atoms with Crippen LogP contribution in [0.15, 0.2) is 47.2 Å². The fourth-order valence-corrected chi connectivity index (χ4v) is 2.31. The molecule has 3 rings (SSSR count). The van der Waals surface area contributed by atoms with Gasteiger partial charge in [0, 0.05) is 17.3 Å². The average molecular weight is 426 g/mol. The van der Waals surface area contributed by atoms with E-state index in [1.807, 2.05) is 0 Å². The monoisotopic (exact) mass is 426 g/mol. The van der Waals surface area contributed by atoms with E-state index < -0.39 is 24.7 Å². The van der Waals surface area contributed by atoms with Crippen LogP contribution in [0.2, 0.25) is 0 Å². The summed E-state index contributed by atoms with van der Waals surface area (Å²) in [5.41, 5.74) is 1.11. The Kier molecular flexibility index (Phi) is 6.14. The minimum absolute atomic E-state index is 0.140. The van der Waals surface area contributed by atoms with Gasteiger partial charge in [-0.15, -0.1) is 5.12 Å². The fourth-order valence-electron chi connectivity index (χ4n) is 2.31. The van der Waals surface area contributed by atoms with Crippen LogP contribution in [-0.4, -0.2) is 33.4 Å². The predicted molar refractivity (Wildman–Crippen MR) is 92.4 cm³/mol. The molecule has 2 heterocycles. The van der Waals surface area contributed by atoms with Crippen LogP contribution < -0.4 is 4.74 Å². The number of hydrogen-bond acceptors (Lipinski definition) is 7. The first-order chi connectivity index (χ1) is 14.3. The van der Waals surface area contributed by atoms with Crippen molar-refractivity contribution in [1.29, 1.82) is 0 Å². The highest BCUT2D eigenvalue weighted by atomic mass is 19.4. The van der Waals surface area contributed by atoms with Gasteiger partial charge in [-0.2, -0.15) is 18.2 Å². The van der Waals surface area contributed by atoms with Crippen molar-refractivity contribution in [2.75, 3.05) is 7.11 Å². The van der Waals surface area contributed by atoms with Crippen molar-refractivity contribution in [2.45, 2.75) is 19.3 Å². The third-order valence-corrected chi connectivity index (χ3v) is 3.77. The predicted octanol–water partition coefficient (Wildman–Crippen LogP) is 4.18. The van der Waals surface area contributed by atoms with Gasteiger partial charge in [0.25, 0.3) is 0 Å². The summed E-state index contributed by atoms with van der Waals surface area (Å²) in [4.78, 5) is 19.0. The van der Waals surface area contributed by atoms with Crippen LogP contribution in [0, 0.1) is 0 Å². The van der Waals surface area contributed by atoms with Crippen LogP contribution in [-0.2, 0) is 24.1 Å². The Morgan fingerprint density at radius 2 is 1.90 bits per heavy atom. The second-order valence-electron chi connectivity index (χ2n) is 5.93. The van der Waals surface area contributed by atoms with E-state index >= 15 is 0 Å². The van der Waals surface area contributed by atoms with Crippen molar-refractivity contribution < 1.29 is 36.4 Å². The minimum Gasteiger partial charge on any atom is -0.495 e. The van der Waals surface area contributed by atoms with Gasteiger partial charge in [0.2, 0.25) is 5.82 Å². The maximum Gasteiger partial charge on any atom is 0.471 e. The molecule has 30 heavy (non-hydrogen) atoms. The SMILES string of the molecule is COc1cncc(COC(=O)N(F)Cc2ccc(-c3noc(C(F)(F)F)n3)cc2)c1. The summed E-state index contributed by atoms with van der Waals surface area (Å²) in [6.45, 7) is -0.642.